The molecule has 1 aliphatic rings. The molecule has 2 unspecified atom stereocenters. The van der Waals surface area contributed by atoms with Gasteiger partial charge in [-0.15, -0.1) is 0 Å². The normalized spacial score (nSPS) is 17.4. The van der Waals surface area contributed by atoms with E-state index in [1.54, 1.807) is 6.26 Å². The number of rotatable bonds is 6. The number of fused-ring (bicyclic) bond motifs is 1. The average Bonchev–Trinajstić information content (AvgIpc) is 3.09. The fourth-order valence-electron chi connectivity index (χ4n) is 2.84. The van der Waals surface area contributed by atoms with Gasteiger partial charge in [-0.25, -0.2) is 9.18 Å². The lowest BCUT2D eigenvalue weighted by atomic mass is 9.93. The number of carbonyl (C=O) groups excluding carboxylic acids is 1. The van der Waals surface area contributed by atoms with E-state index >= 15 is 0 Å². The quantitative estimate of drug-likeness (QED) is 0.749. The van der Waals surface area contributed by atoms with Crippen LogP contribution in [0.4, 0.5) is 9.18 Å². The van der Waals surface area contributed by atoms with Gasteiger partial charge in [-0.2, -0.15) is 0 Å². The van der Waals surface area contributed by atoms with Crippen LogP contribution in [0, 0.1) is 5.82 Å². The van der Waals surface area contributed by atoms with Gasteiger partial charge in [0.2, 0.25) is 0 Å². The van der Waals surface area contributed by atoms with E-state index in [2.05, 4.69) is 10.6 Å². The van der Waals surface area contributed by atoms with Crippen molar-refractivity contribution in [1.29, 1.82) is 0 Å². The first-order valence-corrected chi connectivity index (χ1v) is 8.29. The van der Waals surface area contributed by atoms with Crippen molar-refractivity contribution in [2.75, 3.05) is 13.2 Å². The van der Waals surface area contributed by atoms with E-state index in [0.717, 1.165) is 30.6 Å². The fraction of sp³-hybridized carbons (Fsp3) is 0.389. The molecule has 2 atom stereocenters. The van der Waals surface area contributed by atoms with Crippen LogP contribution in [0.1, 0.15) is 30.2 Å². The first-order chi connectivity index (χ1) is 12.1. The van der Waals surface area contributed by atoms with Crippen LogP contribution in [0.15, 0.2) is 41.0 Å². The molecule has 134 valence electrons. The van der Waals surface area contributed by atoms with E-state index in [9.17, 15) is 14.3 Å². The summed E-state index contributed by atoms with van der Waals surface area (Å²) in [7, 11) is 0. The standard InChI is InChI=1S/C18H21FN2O4/c19-12-4-6-14(7-5-12)25-11-13(22)10-20-18(23)21-16-2-1-3-17-15(16)8-9-24-17/h4-9,13,16,22H,1-3,10-11H2,(H2,20,21,23). The Balaban J connectivity index is 1.39. The summed E-state index contributed by atoms with van der Waals surface area (Å²) in [6.45, 7) is 0.0548. The second-order valence-corrected chi connectivity index (χ2v) is 6.02. The van der Waals surface area contributed by atoms with Crippen LogP contribution >= 0.6 is 0 Å². The molecule has 1 aromatic heterocycles. The third-order valence-corrected chi connectivity index (χ3v) is 4.11. The SMILES string of the molecule is O=C(NCC(O)COc1ccc(F)cc1)NC1CCCc2occc21. The fourth-order valence-corrected chi connectivity index (χ4v) is 2.84. The Bertz CT molecular complexity index is 701. The minimum absolute atomic E-state index is 0.00121. The summed E-state index contributed by atoms with van der Waals surface area (Å²) in [5.74, 6) is 1.03. The summed E-state index contributed by atoms with van der Waals surface area (Å²) in [6.07, 6.45) is 3.47. The van der Waals surface area contributed by atoms with Crippen LogP contribution < -0.4 is 15.4 Å². The molecule has 3 rings (SSSR count). The predicted octanol–water partition coefficient (Wildman–Crippen LogP) is 2.54. The van der Waals surface area contributed by atoms with Gasteiger partial charge < -0.3 is 24.9 Å². The summed E-state index contributed by atoms with van der Waals surface area (Å²) in [5.41, 5.74) is 1.02. The molecule has 0 saturated heterocycles. The molecule has 6 nitrogen and oxygen atoms in total. The zero-order valence-corrected chi connectivity index (χ0v) is 13.7. The molecule has 7 heteroatoms. The number of aliphatic hydroxyl groups is 1. The van der Waals surface area contributed by atoms with E-state index < -0.39 is 6.10 Å². The highest BCUT2D eigenvalue weighted by Gasteiger charge is 2.24. The highest BCUT2D eigenvalue weighted by Crippen LogP contribution is 2.30. The lowest BCUT2D eigenvalue weighted by molar-refractivity contribution is 0.107. The molecule has 0 aliphatic heterocycles. The Hall–Kier alpha value is -2.54. The van der Waals surface area contributed by atoms with Crippen molar-refractivity contribution in [1.82, 2.24) is 10.6 Å². The van der Waals surface area contributed by atoms with Crippen LogP contribution in [-0.2, 0) is 6.42 Å². The topological polar surface area (TPSA) is 83.7 Å². The monoisotopic (exact) mass is 348 g/mol. The van der Waals surface area contributed by atoms with Crippen LogP contribution in [0.5, 0.6) is 5.75 Å². The Labute approximate surface area is 145 Å². The summed E-state index contributed by atoms with van der Waals surface area (Å²) in [6, 6.07) is 6.98. The summed E-state index contributed by atoms with van der Waals surface area (Å²) >= 11 is 0. The molecule has 1 aliphatic carbocycles. The van der Waals surface area contributed by atoms with Gasteiger partial charge >= 0.3 is 6.03 Å². The number of hydrogen-bond acceptors (Lipinski definition) is 4. The summed E-state index contributed by atoms with van der Waals surface area (Å²) in [4.78, 5) is 12.0. The zero-order chi connectivity index (χ0) is 17.6. The Morgan fingerprint density at radius 3 is 2.96 bits per heavy atom. The first kappa shape index (κ1) is 17.3. The summed E-state index contributed by atoms with van der Waals surface area (Å²) < 4.78 is 23.5. The van der Waals surface area contributed by atoms with Gasteiger partial charge in [0.15, 0.2) is 0 Å². The molecule has 2 aromatic rings. The highest BCUT2D eigenvalue weighted by molar-refractivity contribution is 5.74. The van der Waals surface area contributed by atoms with Crippen molar-refractivity contribution >= 4 is 6.03 Å². The summed E-state index contributed by atoms with van der Waals surface area (Å²) in [5, 5.41) is 15.4. The zero-order valence-electron chi connectivity index (χ0n) is 13.7. The van der Waals surface area contributed by atoms with Crippen LogP contribution in [0.25, 0.3) is 0 Å². The van der Waals surface area contributed by atoms with Crippen molar-refractivity contribution < 1.29 is 23.4 Å². The maximum atomic E-state index is 12.8. The van der Waals surface area contributed by atoms with Crippen molar-refractivity contribution in [3.8, 4) is 5.75 Å². The number of benzene rings is 1. The van der Waals surface area contributed by atoms with Gasteiger partial charge in [-0.1, -0.05) is 0 Å². The van der Waals surface area contributed by atoms with Crippen molar-refractivity contribution in [3.63, 3.8) is 0 Å². The Morgan fingerprint density at radius 1 is 1.36 bits per heavy atom. The van der Waals surface area contributed by atoms with Gasteiger partial charge in [0.1, 0.15) is 30.0 Å². The Kier molecular flexibility index (Phi) is 5.55. The van der Waals surface area contributed by atoms with Crippen molar-refractivity contribution in [3.05, 3.63) is 53.7 Å². The molecular weight excluding hydrogens is 327 g/mol. The van der Waals surface area contributed by atoms with Crippen LogP contribution in [0.2, 0.25) is 0 Å². The number of halogens is 1. The van der Waals surface area contributed by atoms with E-state index in [0.29, 0.717) is 5.75 Å². The maximum Gasteiger partial charge on any atom is 0.315 e. The second kappa shape index (κ2) is 8.02. The second-order valence-electron chi connectivity index (χ2n) is 6.02. The van der Waals surface area contributed by atoms with E-state index in [1.165, 1.54) is 24.3 Å². The molecule has 0 radical (unpaired) electrons. The maximum absolute atomic E-state index is 12.8. The van der Waals surface area contributed by atoms with Crippen molar-refractivity contribution in [2.45, 2.75) is 31.4 Å². The molecule has 0 spiro atoms. The number of hydrogen-bond donors (Lipinski definition) is 3. The molecule has 0 bridgehead atoms. The minimum Gasteiger partial charge on any atom is -0.491 e. The number of ether oxygens (including phenoxy) is 1. The molecule has 3 N–H and O–H groups in total. The van der Waals surface area contributed by atoms with Crippen molar-refractivity contribution in [2.24, 2.45) is 0 Å². The Morgan fingerprint density at radius 2 is 2.16 bits per heavy atom. The molecular formula is C18H21FN2O4. The molecule has 25 heavy (non-hydrogen) atoms. The largest absolute Gasteiger partial charge is 0.491 e. The molecule has 0 saturated carbocycles. The lowest BCUT2D eigenvalue weighted by Crippen LogP contribution is -2.43. The first-order valence-electron chi connectivity index (χ1n) is 8.29. The minimum atomic E-state index is -0.869. The van der Waals surface area contributed by atoms with E-state index in [1.807, 2.05) is 6.07 Å². The number of urea groups is 1. The third kappa shape index (κ3) is 4.73. The molecule has 2 amide bonds. The van der Waals surface area contributed by atoms with Crippen LogP contribution in [0.3, 0.4) is 0 Å². The van der Waals surface area contributed by atoms with Gasteiger partial charge in [-0.3, -0.25) is 0 Å². The van der Waals surface area contributed by atoms with Gasteiger partial charge in [0.05, 0.1) is 12.3 Å². The van der Waals surface area contributed by atoms with Gasteiger partial charge in [-0.05, 0) is 43.2 Å². The highest BCUT2D eigenvalue weighted by atomic mass is 19.1. The average molecular weight is 348 g/mol. The smallest absolute Gasteiger partial charge is 0.315 e. The third-order valence-electron chi connectivity index (χ3n) is 4.11. The van der Waals surface area contributed by atoms with E-state index in [-0.39, 0.29) is 31.0 Å². The molecule has 1 aromatic carbocycles. The lowest BCUT2D eigenvalue weighted by Gasteiger charge is -2.23. The number of nitrogens with one attached hydrogen (secondary N) is 2. The molecule has 1 heterocycles. The number of carbonyl (C=O) groups is 1. The number of aryl methyl sites for hydroxylation is 1. The van der Waals surface area contributed by atoms with E-state index in [4.69, 9.17) is 9.15 Å². The number of furan rings is 1. The molecule has 0 fully saturated rings. The number of amides is 2. The number of aliphatic hydroxyl groups excluding tert-OH is 1. The van der Waals surface area contributed by atoms with Gasteiger partial charge in [0.25, 0.3) is 0 Å². The van der Waals surface area contributed by atoms with Gasteiger partial charge in [0, 0.05) is 18.5 Å². The predicted molar refractivity (Wildman–Crippen MR) is 88.8 cm³/mol. The van der Waals surface area contributed by atoms with Crippen LogP contribution in [-0.4, -0.2) is 30.4 Å².